The van der Waals surface area contributed by atoms with Crippen LogP contribution in [0.5, 0.6) is 5.75 Å². The van der Waals surface area contributed by atoms with E-state index in [0.717, 1.165) is 18.7 Å². The van der Waals surface area contributed by atoms with Crippen LogP contribution in [0.3, 0.4) is 0 Å². The molecule has 0 bridgehead atoms. The number of anilines is 1. The number of rotatable bonds is 3. The van der Waals surface area contributed by atoms with Crippen molar-refractivity contribution in [2.45, 2.75) is 36.3 Å². The molecule has 2 N–H and O–H groups in total. The number of hydrogen-bond acceptors (Lipinski definition) is 5. The first-order valence-electron chi connectivity index (χ1n) is 7.16. The lowest BCUT2D eigenvalue weighted by atomic mass is 10.2. The molecule has 6 nitrogen and oxygen atoms in total. The number of fused-ring (bicyclic) bond motifs is 1. The van der Waals surface area contributed by atoms with E-state index in [4.69, 9.17) is 4.74 Å². The minimum absolute atomic E-state index is 0.177. The molecule has 2 atom stereocenters. The van der Waals surface area contributed by atoms with Crippen molar-refractivity contribution in [1.82, 2.24) is 4.72 Å². The van der Waals surface area contributed by atoms with E-state index in [1.54, 1.807) is 18.2 Å². The van der Waals surface area contributed by atoms with Gasteiger partial charge in [-0.25, -0.2) is 13.1 Å². The lowest BCUT2D eigenvalue weighted by molar-refractivity contribution is 0.159. The summed E-state index contributed by atoms with van der Waals surface area (Å²) in [7, 11) is -1.69. The molecule has 0 spiro atoms. The first kappa shape index (κ1) is 14.6. The molecule has 1 heterocycles. The summed E-state index contributed by atoms with van der Waals surface area (Å²) in [5.74, 6) is 0.582. The molecule has 0 unspecified atom stereocenters. The van der Waals surface area contributed by atoms with Crippen molar-refractivity contribution < 1.29 is 18.3 Å². The van der Waals surface area contributed by atoms with Crippen LogP contribution in [0.15, 0.2) is 23.1 Å². The second-order valence-corrected chi connectivity index (χ2v) is 7.34. The van der Waals surface area contributed by atoms with Crippen molar-refractivity contribution in [2.24, 2.45) is 0 Å². The average Bonchev–Trinajstić information content (AvgIpc) is 2.83. The maximum Gasteiger partial charge on any atom is 0.241 e. The summed E-state index contributed by atoms with van der Waals surface area (Å²) in [5, 5.41) is 9.77. The van der Waals surface area contributed by atoms with Crippen LogP contribution in [0.2, 0.25) is 0 Å². The molecular formula is C14H20N2O4S. The number of benzene rings is 1. The van der Waals surface area contributed by atoms with Crippen molar-refractivity contribution in [2.75, 3.05) is 25.1 Å². The molecule has 3 rings (SSSR count). The molecule has 1 aromatic rings. The van der Waals surface area contributed by atoms with E-state index in [-0.39, 0.29) is 4.90 Å². The first-order chi connectivity index (χ1) is 9.97. The van der Waals surface area contributed by atoms with E-state index in [0.29, 0.717) is 25.2 Å². The van der Waals surface area contributed by atoms with E-state index in [1.165, 1.54) is 0 Å². The minimum atomic E-state index is -3.64. The van der Waals surface area contributed by atoms with E-state index in [2.05, 4.69) is 4.72 Å². The van der Waals surface area contributed by atoms with Crippen LogP contribution in [-0.2, 0) is 10.0 Å². The van der Waals surface area contributed by atoms with Gasteiger partial charge in [0.2, 0.25) is 10.0 Å². The Hall–Kier alpha value is -1.31. The molecule has 0 saturated heterocycles. The standard InChI is InChI=1S/C14H20N2O4S/c1-16-7-8-20-14-9-10(5-6-12(14)16)21(18,19)15-11-3-2-4-13(11)17/h5-6,9,11,13,15,17H,2-4,7-8H2,1H3/t11-,13-/m0/s1. The number of nitrogens with one attached hydrogen (secondary N) is 1. The summed E-state index contributed by atoms with van der Waals surface area (Å²) < 4.78 is 32.9. The van der Waals surface area contributed by atoms with Gasteiger partial charge in [-0.1, -0.05) is 0 Å². The zero-order chi connectivity index (χ0) is 15.0. The van der Waals surface area contributed by atoms with Crippen molar-refractivity contribution in [3.8, 4) is 5.75 Å². The van der Waals surface area contributed by atoms with Gasteiger partial charge in [0.05, 0.1) is 23.2 Å². The third kappa shape index (κ3) is 2.86. The summed E-state index contributed by atoms with van der Waals surface area (Å²) in [6.07, 6.45) is 1.56. The summed E-state index contributed by atoms with van der Waals surface area (Å²) in [5.41, 5.74) is 0.890. The molecule has 1 aromatic carbocycles. The van der Waals surface area contributed by atoms with Gasteiger partial charge in [0.1, 0.15) is 12.4 Å². The zero-order valence-corrected chi connectivity index (χ0v) is 12.8. The Morgan fingerprint density at radius 1 is 1.38 bits per heavy atom. The van der Waals surface area contributed by atoms with Gasteiger partial charge >= 0.3 is 0 Å². The maximum absolute atomic E-state index is 12.4. The highest BCUT2D eigenvalue weighted by atomic mass is 32.2. The third-order valence-corrected chi connectivity index (χ3v) is 5.61. The Kier molecular flexibility index (Phi) is 3.81. The molecular weight excluding hydrogens is 292 g/mol. The fourth-order valence-corrected chi connectivity index (χ4v) is 4.17. The molecule has 1 aliphatic carbocycles. The van der Waals surface area contributed by atoms with Crippen LogP contribution in [0.4, 0.5) is 5.69 Å². The lowest BCUT2D eigenvalue weighted by Gasteiger charge is -2.28. The van der Waals surface area contributed by atoms with Gasteiger partial charge in [0, 0.05) is 19.2 Å². The van der Waals surface area contributed by atoms with E-state index in [1.807, 2.05) is 11.9 Å². The number of hydrogen-bond donors (Lipinski definition) is 2. The normalized spacial score (nSPS) is 25.5. The predicted molar refractivity (Wildman–Crippen MR) is 79.2 cm³/mol. The molecule has 116 valence electrons. The topological polar surface area (TPSA) is 78.9 Å². The lowest BCUT2D eigenvalue weighted by Crippen LogP contribution is -2.39. The van der Waals surface area contributed by atoms with Crippen molar-refractivity contribution in [3.63, 3.8) is 0 Å². The summed E-state index contributed by atoms with van der Waals surface area (Å²) >= 11 is 0. The van der Waals surface area contributed by atoms with Gasteiger partial charge in [-0.15, -0.1) is 0 Å². The fourth-order valence-electron chi connectivity index (χ4n) is 2.85. The van der Waals surface area contributed by atoms with Crippen molar-refractivity contribution in [3.05, 3.63) is 18.2 Å². The molecule has 21 heavy (non-hydrogen) atoms. The Balaban J connectivity index is 1.85. The second-order valence-electron chi connectivity index (χ2n) is 5.63. The largest absolute Gasteiger partial charge is 0.490 e. The second kappa shape index (κ2) is 5.47. The van der Waals surface area contributed by atoms with Crippen LogP contribution in [-0.4, -0.2) is 45.9 Å². The molecule has 1 saturated carbocycles. The Bertz CT molecular complexity index is 632. The van der Waals surface area contributed by atoms with Gasteiger partial charge in [0.25, 0.3) is 0 Å². The molecule has 7 heteroatoms. The van der Waals surface area contributed by atoms with Crippen molar-refractivity contribution in [1.29, 1.82) is 0 Å². The molecule has 1 fully saturated rings. The van der Waals surface area contributed by atoms with Gasteiger partial charge in [-0.3, -0.25) is 0 Å². The van der Waals surface area contributed by atoms with E-state index >= 15 is 0 Å². The van der Waals surface area contributed by atoms with Crippen LogP contribution < -0.4 is 14.4 Å². The van der Waals surface area contributed by atoms with Gasteiger partial charge in [0.15, 0.2) is 0 Å². The Morgan fingerprint density at radius 2 is 2.19 bits per heavy atom. The number of nitrogens with zero attached hydrogens (tertiary/aromatic N) is 1. The minimum Gasteiger partial charge on any atom is -0.490 e. The summed E-state index contributed by atoms with van der Waals surface area (Å²) in [6.45, 7) is 1.33. The highest BCUT2D eigenvalue weighted by Gasteiger charge is 2.30. The first-order valence-corrected chi connectivity index (χ1v) is 8.64. The fraction of sp³-hybridized carbons (Fsp3) is 0.571. The van der Waals surface area contributed by atoms with E-state index in [9.17, 15) is 13.5 Å². The number of aliphatic hydroxyl groups is 1. The SMILES string of the molecule is CN1CCOc2cc(S(=O)(=O)N[C@H]3CCC[C@@H]3O)ccc21. The maximum atomic E-state index is 12.4. The number of likely N-dealkylation sites (N-methyl/N-ethyl adjacent to an activating group) is 1. The summed E-state index contributed by atoms with van der Waals surface area (Å²) in [4.78, 5) is 2.21. The zero-order valence-electron chi connectivity index (χ0n) is 11.9. The molecule has 2 aliphatic rings. The predicted octanol–water partition coefficient (Wildman–Crippen LogP) is 0.707. The highest BCUT2D eigenvalue weighted by Crippen LogP contribution is 2.33. The van der Waals surface area contributed by atoms with Crippen LogP contribution in [0.1, 0.15) is 19.3 Å². The van der Waals surface area contributed by atoms with Crippen LogP contribution in [0.25, 0.3) is 0 Å². The summed E-state index contributed by atoms with van der Waals surface area (Å²) in [6, 6.07) is 4.49. The molecule has 0 radical (unpaired) electrons. The Morgan fingerprint density at radius 3 is 2.90 bits per heavy atom. The molecule has 1 aliphatic heterocycles. The van der Waals surface area contributed by atoms with Gasteiger partial charge in [-0.2, -0.15) is 0 Å². The highest BCUT2D eigenvalue weighted by molar-refractivity contribution is 7.89. The van der Waals surface area contributed by atoms with Crippen LogP contribution >= 0.6 is 0 Å². The number of ether oxygens (including phenoxy) is 1. The third-order valence-electron chi connectivity index (χ3n) is 4.12. The van der Waals surface area contributed by atoms with Crippen molar-refractivity contribution >= 4 is 15.7 Å². The molecule has 0 aromatic heterocycles. The van der Waals surface area contributed by atoms with Gasteiger partial charge < -0.3 is 14.7 Å². The van der Waals surface area contributed by atoms with Gasteiger partial charge in [-0.05, 0) is 31.4 Å². The van der Waals surface area contributed by atoms with E-state index < -0.39 is 22.2 Å². The molecule has 0 amide bonds. The average molecular weight is 312 g/mol. The number of sulfonamides is 1. The number of aliphatic hydroxyl groups excluding tert-OH is 1. The monoisotopic (exact) mass is 312 g/mol. The van der Waals surface area contributed by atoms with Crippen LogP contribution in [0, 0.1) is 0 Å². The quantitative estimate of drug-likeness (QED) is 0.859. The smallest absolute Gasteiger partial charge is 0.241 e. The Labute approximate surface area is 124 Å².